The molecule has 1 fully saturated rings. The summed E-state index contributed by atoms with van der Waals surface area (Å²) < 4.78 is 33.7. The van der Waals surface area contributed by atoms with Crippen molar-refractivity contribution in [3.8, 4) is 11.4 Å². The normalized spacial score (nSPS) is 17.4. The van der Waals surface area contributed by atoms with E-state index in [0.29, 0.717) is 30.4 Å². The van der Waals surface area contributed by atoms with Crippen LogP contribution in [0.15, 0.2) is 57.9 Å². The van der Waals surface area contributed by atoms with Crippen molar-refractivity contribution in [3.05, 3.63) is 60.0 Å². The first-order valence-electron chi connectivity index (χ1n) is 10.1. The zero-order chi connectivity index (χ0) is 22.0. The number of sulfonamides is 1. The fourth-order valence-corrected chi connectivity index (χ4v) is 5.41. The summed E-state index contributed by atoms with van der Waals surface area (Å²) in [5.74, 6) is 0.531. The summed E-state index contributed by atoms with van der Waals surface area (Å²) >= 11 is 0. The Bertz CT molecular complexity index is 1190. The molecular formula is C22H24N4O4S. The van der Waals surface area contributed by atoms with Gasteiger partial charge in [0.2, 0.25) is 27.6 Å². The highest BCUT2D eigenvalue weighted by atomic mass is 32.2. The van der Waals surface area contributed by atoms with Crippen LogP contribution < -0.4 is 5.32 Å². The van der Waals surface area contributed by atoms with Gasteiger partial charge in [-0.3, -0.25) is 4.79 Å². The molecule has 31 heavy (non-hydrogen) atoms. The molecule has 1 atom stereocenters. The Morgan fingerprint density at radius 1 is 1.16 bits per heavy atom. The molecule has 2 heterocycles. The number of carbonyl (C=O) groups is 1. The highest BCUT2D eigenvalue weighted by Crippen LogP contribution is 2.35. The first-order chi connectivity index (χ1) is 14.8. The summed E-state index contributed by atoms with van der Waals surface area (Å²) in [5.41, 5.74) is 2.45. The lowest BCUT2D eigenvalue weighted by molar-refractivity contribution is -0.114. The van der Waals surface area contributed by atoms with Crippen LogP contribution in [0.4, 0.5) is 5.69 Å². The highest BCUT2D eigenvalue weighted by Gasteiger charge is 2.37. The van der Waals surface area contributed by atoms with Crippen LogP contribution in [-0.4, -0.2) is 35.3 Å². The second-order valence-corrected chi connectivity index (χ2v) is 9.55. The molecule has 8 nitrogen and oxygen atoms in total. The molecule has 0 spiro atoms. The standard InChI is InChI=1S/C22H24N4O4S/c1-15-6-5-7-17(14-15)21-24-22(30-25-21)20-8-3-4-13-26(20)31(28,29)19-11-9-18(10-12-19)23-16(2)27/h5-7,9-12,14,20H,3-4,8,13H2,1-2H3,(H,23,27). The fourth-order valence-electron chi connectivity index (χ4n) is 3.76. The number of nitrogens with one attached hydrogen (secondary N) is 1. The van der Waals surface area contributed by atoms with Gasteiger partial charge in [0.05, 0.1) is 4.90 Å². The van der Waals surface area contributed by atoms with Crippen LogP contribution in [0.25, 0.3) is 11.4 Å². The van der Waals surface area contributed by atoms with E-state index in [1.165, 1.54) is 23.4 Å². The van der Waals surface area contributed by atoms with E-state index < -0.39 is 16.1 Å². The Morgan fingerprint density at radius 3 is 2.65 bits per heavy atom. The molecule has 1 unspecified atom stereocenters. The number of benzene rings is 2. The van der Waals surface area contributed by atoms with Crippen molar-refractivity contribution in [2.75, 3.05) is 11.9 Å². The number of carbonyl (C=O) groups excluding carboxylic acids is 1. The van der Waals surface area contributed by atoms with Crippen LogP contribution in [0, 0.1) is 6.92 Å². The van der Waals surface area contributed by atoms with Gasteiger partial charge in [-0.2, -0.15) is 9.29 Å². The Labute approximate surface area is 181 Å². The molecule has 1 amide bonds. The van der Waals surface area contributed by atoms with Crippen molar-refractivity contribution in [3.63, 3.8) is 0 Å². The maximum atomic E-state index is 13.4. The first kappa shape index (κ1) is 21.2. The minimum atomic E-state index is -3.77. The number of aryl methyl sites for hydroxylation is 1. The molecule has 9 heteroatoms. The number of rotatable bonds is 5. The minimum Gasteiger partial charge on any atom is -0.337 e. The van der Waals surface area contributed by atoms with E-state index in [4.69, 9.17) is 4.52 Å². The quantitative estimate of drug-likeness (QED) is 0.645. The van der Waals surface area contributed by atoms with Gasteiger partial charge in [-0.15, -0.1) is 0 Å². The molecule has 0 saturated carbocycles. The van der Waals surface area contributed by atoms with Crippen LogP contribution in [0.3, 0.4) is 0 Å². The van der Waals surface area contributed by atoms with Crippen LogP contribution in [0.2, 0.25) is 0 Å². The van der Waals surface area contributed by atoms with Gasteiger partial charge in [0.1, 0.15) is 6.04 Å². The predicted molar refractivity (Wildman–Crippen MR) is 116 cm³/mol. The predicted octanol–water partition coefficient (Wildman–Crippen LogP) is 3.92. The summed E-state index contributed by atoms with van der Waals surface area (Å²) in [5, 5.41) is 6.72. The Kier molecular flexibility index (Phi) is 5.88. The lowest BCUT2D eigenvalue weighted by Crippen LogP contribution is -2.38. The summed E-state index contributed by atoms with van der Waals surface area (Å²) in [6.07, 6.45) is 2.25. The molecular weight excluding hydrogens is 416 g/mol. The maximum absolute atomic E-state index is 13.4. The topological polar surface area (TPSA) is 105 Å². The molecule has 3 aromatic rings. The number of nitrogens with zero attached hydrogens (tertiary/aromatic N) is 3. The average molecular weight is 441 g/mol. The molecule has 1 aromatic heterocycles. The monoisotopic (exact) mass is 440 g/mol. The number of amides is 1. The van der Waals surface area contributed by atoms with Gasteiger partial charge in [-0.05, 0) is 50.1 Å². The molecule has 0 bridgehead atoms. The van der Waals surface area contributed by atoms with E-state index >= 15 is 0 Å². The van der Waals surface area contributed by atoms with E-state index in [0.717, 1.165) is 24.0 Å². The first-order valence-corrected chi connectivity index (χ1v) is 11.6. The third kappa shape index (κ3) is 4.52. The maximum Gasteiger partial charge on any atom is 0.245 e. The smallest absolute Gasteiger partial charge is 0.245 e. The second kappa shape index (κ2) is 8.60. The van der Waals surface area contributed by atoms with Crippen molar-refractivity contribution in [2.45, 2.75) is 44.0 Å². The average Bonchev–Trinajstić information content (AvgIpc) is 3.24. The largest absolute Gasteiger partial charge is 0.337 e. The molecule has 2 aromatic carbocycles. The van der Waals surface area contributed by atoms with E-state index in [1.54, 1.807) is 12.1 Å². The molecule has 0 aliphatic carbocycles. The molecule has 1 saturated heterocycles. The zero-order valence-corrected chi connectivity index (χ0v) is 18.2. The Hall–Kier alpha value is -3.04. The molecule has 4 rings (SSSR count). The van der Waals surface area contributed by atoms with Crippen molar-refractivity contribution in [1.82, 2.24) is 14.4 Å². The lowest BCUT2D eigenvalue weighted by atomic mass is 10.1. The molecule has 1 aliphatic rings. The van der Waals surface area contributed by atoms with E-state index in [-0.39, 0.29) is 10.8 Å². The number of piperidine rings is 1. The van der Waals surface area contributed by atoms with Crippen molar-refractivity contribution in [1.29, 1.82) is 0 Å². The van der Waals surface area contributed by atoms with Crippen LogP contribution in [0.1, 0.15) is 43.7 Å². The second-order valence-electron chi connectivity index (χ2n) is 7.66. The summed E-state index contributed by atoms with van der Waals surface area (Å²) in [6.45, 7) is 3.76. The zero-order valence-electron chi connectivity index (χ0n) is 17.4. The van der Waals surface area contributed by atoms with E-state index in [1.807, 2.05) is 31.2 Å². The molecule has 1 N–H and O–H groups in total. The van der Waals surface area contributed by atoms with Crippen molar-refractivity contribution >= 4 is 21.6 Å². The number of hydrogen-bond donors (Lipinski definition) is 1. The van der Waals surface area contributed by atoms with Gasteiger partial charge in [0.15, 0.2) is 0 Å². The number of anilines is 1. The molecule has 0 radical (unpaired) electrons. The third-order valence-corrected chi connectivity index (χ3v) is 7.16. The van der Waals surface area contributed by atoms with Gasteiger partial charge in [0.25, 0.3) is 0 Å². The SMILES string of the molecule is CC(=O)Nc1ccc(S(=O)(=O)N2CCCCC2c2nc(-c3cccc(C)c3)no2)cc1. The Morgan fingerprint density at radius 2 is 1.94 bits per heavy atom. The number of hydrogen-bond acceptors (Lipinski definition) is 6. The fraction of sp³-hybridized carbons (Fsp3) is 0.318. The molecule has 1 aliphatic heterocycles. The highest BCUT2D eigenvalue weighted by molar-refractivity contribution is 7.89. The van der Waals surface area contributed by atoms with Gasteiger partial charge >= 0.3 is 0 Å². The summed E-state index contributed by atoms with van der Waals surface area (Å²) in [6, 6.07) is 13.4. The van der Waals surface area contributed by atoms with Crippen molar-refractivity contribution < 1.29 is 17.7 Å². The third-order valence-electron chi connectivity index (χ3n) is 5.24. The number of aromatic nitrogens is 2. The Balaban J connectivity index is 1.62. The van der Waals surface area contributed by atoms with E-state index in [2.05, 4.69) is 15.5 Å². The van der Waals surface area contributed by atoms with Gasteiger partial charge in [0, 0.05) is 24.7 Å². The van der Waals surface area contributed by atoms with Gasteiger partial charge < -0.3 is 9.84 Å². The molecule has 162 valence electrons. The van der Waals surface area contributed by atoms with Crippen LogP contribution in [-0.2, 0) is 14.8 Å². The lowest BCUT2D eigenvalue weighted by Gasteiger charge is -2.32. The summed E-state index contributed by atoms with van der Waals surface area (Å²) in [4.78, 5) is 15.9. The van der Waals surface area contributed by atoms with Crippen molar-refractivity contribution in [2.24, 2.45) is 0 Å². The van der Waals surface area contributed by atoms with Gasteiger partial charge in [-0.25, -0.2) is 8.42 Å². The van der Waals surface area contributed by atoms with Gasteiger partial charge in [-0.1, -0.05) is 35.3 Å². The van der Waals surface area contributed by atoms with Crippen LogP contribution in [0.5, 0.6) is 0 Å². The summed E-state index contributed by atoms with van der Waals surface area (Å²) in [7, 11) is -3.77. The van der Waals surface area contributed by atoms with E-state index in [9.17, 15) is 13.2 Å². The minimum absolute atomic E-state index is 0.159. The van der Waals surface area contributed by atoms with Crippen LogP contribution >= 0.6 is 0 Å².